The van der Waals surface area contributed by atoms with Crippen LogP contribution in [0.3, 0.4) is 0 Å². The zero-order valence-electron chi connectivity index (χ0n) is 10.5. The average molecular weight is 283 g/mol. The molecular weight excluding hydrogens is 268 g/mol. The molecule has 2 aliphatic heterocycles. The summed E-state index contributed by atoms with van der Waals surface area (Å²) in [6.07, 6.45) is 1.58. The van der Waals surface area contributed by atoms with Crippen molar-refractivity contribution in [3.63, 3.8) is 0 Å². The molecule has 0 aliphatic carbocycles. The Morgan fingerprint density at radius 2 is 1.89 bits per heavy atom. The number of rotatable bonds is 2. The maximum absolute atomic E-state index is 12.4. The second kappa shape index (κ2) is 5.39. The van der Waals surface area contributed by atoms with E-state index in [9.17, 15) is 4.79 Å². The van der Waals surface area contributed by atoms with E-state index in [1.807, 2.05) is 0 Å². The predicted molar refractivity (Wildman–Crippen MR) is 70.3 cm³/mol. The van der Waals surface area contributed by atoms with E-state index in [-0.39, 0.29) is 11.7 Å². The Kier molecular flexibility index (Phi) is 3.62. The smallest absolute Gasteiger partial charge is 0.169 e. The summed E-state index contributed by atoms with van der Waals surface area (Å²) >= 11 is 6.19. The largest absolute Gasteiger partial charge is 0.490 e. The minimum atomic E-state index is -0.0951. The molecule has 1 unspecified atom stereocenters. The Labute approximate surface area is 116 Å². The van der Waals surface area contributed by atoms with Gasteiger partial charge in [0, 0.05) is 30.6 Å². The van der Waals surface area contributed by atoms with Gasteiger partial charge < -0.3 is 14.2 Å². The van der Waals surface area contributed by atoms with Crippen molar-refractivity contribution in [2.75, 3.05) is 26.4 Å². The molecule has 0 saturated carbocycles. The van der Waals surface area contributed by atoms with Crippen LogP contribution in [-0.2, 0) is 4.74 Å². The molecule has 0 amide bonds. The summed E-state index contributed by atoms with van der Waals surface area (Å²) in [7, 11) is 0. The normalized spacial score (nSPS) is 22.1. The van der Waals surface area contributed by atoms with Crippen molar-refractivity contribution in [1.82, 2.24) is 0 Å². The van der Waals surface area contributed by atoms with Gasteiger partial charge in [0.1, 0.15) is 0 Å². The summed E-state index contributed by atoms with van der Waals surface area (Å²) < 4.78 is 16.4. The lowest BCUT2D eigenvalue weighted by molar-refractivity contribution is 0.0900. The molecule has 5 heteroatoms. The molecule has 0 bridgehead atoms. The highest BCUT2D eigenvalue weighted by Crippen LogP contribution is 2.36. The molecule has 1 atom stereocenters. The number of fused-ring (bicyclic) bond motifs is 1. The number of ketones is 1. The van der Waals surface area contributed by atoms with Gasteiger partial charge in [-0.3, -0.25) is 4.79 Å². The van der Waals surface area contributed by atoms with Crippen LogP contribution < -0.4 is 9.47 Å². The third-order valence-corrected chi connectivity index (χ3v) is 3.72. The van der Waals surface area contributed by atoms with Crippen molar-refractivity contribution in [3.05, 3.63) is 22.7 Å². The molecule has 1 fully saturated rings. The summed E-state index contributed by atoms with van der Waals surface area (Å²) in [5.41, 5.74) is 0.501. The third kappa shape index (κ3) is 2.55. The molecule has 3 rings (SSSR count). The summed E-state index contributed by atoms with van der Waals surface area (Å²) in [6.45, 7) is 2.31. The van der Waals surface area contributed by atoms with E-state index in [0.717, 1.165) is 12.8 Å². The molecule has 0 aromatic heterocycles. The van der Waals surface area contributed by atoms with Crippen molar-refractivity contribution in [1.29, 1.82) is 0 Å². The van der Waals surface area contributed by atoms with E-state index < -0.39 is 0 Å². The minimum absolute atomic E-state index is 0.0261. The first-order valence-corrected chi connectivity index (χ1v) is 6.84. The second-order valence-electron chi connectivity index (χ2n) is 4.75. The molecule has 102 valence electrons. The van der Waals surface area contributed by atoms with Crippen LogP contribution in [0.2, 0.25) is 5.02 Å². The van der Waals surface area contributed by atoms with Crippen LogP contribution in [0.15, 0.2) is 12.1 Å². The molecule has 2 aliphatic rings. The molecular formula is C14H15ClO4. The van der Waals surface area contributed by atoms with Gasteiger partial charge in [-0.1, -0.05) is 11.6 Å². The van der Waals surface area contributed by atoms with E-state index in [4.69, 9.17) is 25.8 Å². The Bertz CT molecular complexity index is 494. The lowest BCUT2D eigenvalue weighted by Gasteiger charge is -2.13. The minimum Gasteiger partial charge on any atom is -0.490 e. The van der Waals surface area contributed by atoms with E-state index in [1.54, 1.807) is 12.1 Å². The fraction of sp³-hybridized carbons (Fsp3) is 0.500. The molecule has 19 heavy (non-hydrogen) atoms. The van der Waals surface area contributed by atoms with Gasteiger partial charge in [-0.25, -0.2) is 0 Å². The Morgan fingerprint density at radius 3 is 2.58 bits per heavy atom. The van der Waals surface area contributed by atoms with Gasteiger partial charge in [-0.15, -0.1) is 0 Å². The van der Waals surface area contributed by atoms with Crippen LogP contribution in [0, 0.1) is 5.92 Å². The van der Waals surface area contributed by atoms with Crippen molar-refractivity contribution in [2.45, 2.75) is 12.8 Å². The van der Waals surface area contributed by atoms with Crippen LogP contribution in [0.5, 0.6) is 11.5 Å². The Hall–Kier alpha value is -1.26. The Morgan fingerprint density at radius 1 is 1.16 bits per heavy atom. The summed E-state index contributed by atoms with van der Waals surface area (Å²) in [6, 6.07) is 3.37. The zero-order valence-corrected chi connectivity index (χ0v) is 11.2. The van der Waals surface area contributed by atoms with Gasteiger partial charge in [0.15, 0.2) is 17.3 Å². The van der Waals surface area contributed by atoms with E-state index >= 15 is 0 Å². The van der Waals surface area contributed by atoms with Gasteiger partial charge in [-0.2, -0.15) is 0 Å². The molecule has 0 radical (unpaired) electrons. The van der Waals surface area contributed by atoms with Gasteiger partial charge in [0.05, 0.1) is 24.8 Å². The van der Waals surface area contributed by atoms with Crippen LogP contribution >= 0.6 is 11.6 Å². The molecule has 1 saturated heterocycles. The predicted octanol–water partition coefficient (Wildman–Crippen LogP) is 2.72. The van der Waals surface area contributed by atoms with Crippen molar-refractivity contribution >= 4 is 17.4 Å². The molecule has 2 heterocycles. The number of hydrogen-bond acceptors (Lipinski definition) is 4. The fourth-order valence-corrected chi connectivity index (χ4v) is 2.58. The van der Waals surface area contributed by atoms with Gasteiger partial charge in [0.2, 0.25) is 0 Å². The van der Waals surface area contributed by atoms with Gasteiger partial charge in [0.25, 0.3) is 0 Å². The first-order valence-electron chi connectivity index (χ1n) is 6.47. The zero-order chi connectivity index (χ0) is 13.2. The number of carbonyl (C=O) groups excluding carboxylic acids is 1. The number of hydrogen-bond donors (Lipinski definition) is 0. The van der Waals surface area contributed by atoms with Crippen molar-refractivity contribution < 1.29 is 19.0 Å². The molecule has 0 spiro atoms. The standard InChI is InChI=1S/C14H15ClO4/c15-11-7-13-12(18-3-1-4-19-13)6-10(11)14(16)9-2-5-17-8-9/h6-7,9H,1-5,8H2. The maximum Gasteiger partial charge on any atom is 0.169 e. The lowest BCUT2D eigenvalue weighted by Crippen LogP contribution is -2.15. The van der Waals surface area contributed by atoms with Crippen LogP contribution in [0.1, 0.15) is 23.2 Å². The molecule has 1 aromatic rings. The highest BCUT2D eigenvalue weighted by molar-refractivity contribution is 6.34. The first kappa shape index (κ1) is 12.8. The quantitative estimate of drug-likeness (QED) is 0.783. The fourth-order valence-electron chi connectivity index (χ4n) is 2.33. The number of halogens is 1. The Balaban J connectivity index is 1.92. The van der Waals surface area contributed by atoms with E-state index in [2.05, 4.69) is 0 Å². The molecule has 4 nitrogen and oxygen atoms in total. The highest BCUT2D eigenvalue weighted by atomic mass is 35.5. The number of carbonyl (C=O) groups is 1. The summed E-state index contributed by atoms with van der Waals surface area (Å²) in [5, 5.41) is 0.418. The molecule has 1 aromatic carbocycles. The second-order valence-corrected chi connectivity index (χ2v) is 5.16. The van der Waals surface area contributed by atoms with Crippen molar-refractivity contribution in [3.8, 4) is 11.5 Å². The average Bonchev–Trinajstić information content (AvgIpc) is 2.84. The summed E-state index contributed by atoms with van der Waals surface area (Å²) in [4.78, 5) is 12.4. The van der Waals surface area contributed by atoms with Crippen LogP contribution in [0.25, 0.3) is 0 Å². The van der Waals surface area contributed by atoms with E-state index in [0.29, 0.717) is 48.5 Å². The molecule has 0 N–H and O–H groups in total. The van der Waals surface area contributed by atoms with Crippen molar-refractivity contribution in [2.24, 2.45) is 5.92 Å². The van der Waals surface area contributed by atoms with Gasteiger partial charge in [-0.05, 0) is 12.5 Å². The van der Waals surface area contributed by atoms with Crippen LogP contribution in [0.4, 0.5) is 0 Å². The highest BCUT2D eigenvalue weighted by Gasteiger charge is 2.27. The maximum atomic E-state index is 12.4. The number of ether oxygens (including phenoxy) is 3. The number of benzene rings is 1. The monoisotopic (exact) mass is 282 g/mol. The summed E-state index contributed by atoms with van der Waals surface area (Å²) in [5.74, 6) is 1.14. The topological polar surface area (TPSA) is 44.8 Å². The first-order chi connectivity index (χ1) is 9.25. The third-order valence-electron chi connectivity index (χ3n) is 3.40. The lowest BCUT2D eigenvalue weighted by atomic mass is 9.96. The van der Waals surface area contributed by atoms with E-state index in [1.165, 1.54) is 0 Å². The van der Waals surface area contributed by atoms with Crippen LogP contribution in [-0.4, -0.2) is 32.2 Å². The number of Topliss-reactive ketones (excluding diaryl/α,β-unsaturated/α-hetero) is 1. The van der Waals surface area contributed by atoms with Gasteiger partial charge >= 0.3 is 0 Å². The SMILES string of the molecule is O=C(c1cc2c(cc1Cl)OCCCO2)C1CCOC1.